The van der Waals surface area contributed by atoms with E-state index in [1.54, 1.807) is 12.3 Å². The van der Waals surface area contributed by atoms with Crippen molar-refractivity contribution in [2.75, 3.05) is 5.32 Å². The van der Waals surface area contributed by atoms with Gasteiger partial charge in [0.1, 0.15) is 11.8 Å². The van der Waals surface area contributed by atoms with E-state index in [2.05, 4.69) is 26.5 Å². The van der Waals surface area contributed by atoms with Crippen LogP contribution in [-0.4, -0.2) is 42.6 Å². The number of nitrogens with one attached hydrogen (secondary N) is 1. The highest BCUT2D eigenvalue weighted by Crippen LogP contribution is 2.41. The lowest BCUT2D eigenvalue weighted by atomic mass is 9.92. The van der Waals surface area contributed by atoms with Crippen molar-refractivity contribution in [1.29, 1.82) is 5.26 Å². The van der Waals surface area contributed by atoms with E-state index < -0.39 is 0 Å². The topological polar surface area (TPSA) is 99.7 Å². The lowest BCUT2D eigenvalue weighted by molar-refractivity contribution is -0.138. The summed E-state index contributed by atoms with van der Waals surface area (Å²) in [4.78, 5) is 23.4. The summed E-state index contributed by atoms with van der Waals surface area (Å²) in [5.74, 6) is 0.628. The van der Waals surface area contributed by atoms with Crippen molar-refractivity contribution >= 4 is 11.9 Å². The number of hydrogen-bond acceptors (Lipinski definition) is 6. The third-order valence-electron chi connectivity index (χ3n) is 5.02. The highest BCUT2D eigenvalue weighted by molar-refractivity contribution is 5.78. The van der Waals surface area contributed by atoms with Crippen LogP contribution in [0.5, 0.6) is 0 Å². The minimum atomic E-state index is -0.120. The number of amides is 1. The number of nitrogens with zero attached hydrogens (tertiary/aromatic N) is 6. The van der Waals surface area contributed by atoms with E-state index in [0.717, 1.165) is 24.2 Å². The van der Waals surface area contributed by atoms with E-state index in [-0.39, 0.29) is 18.0 Å². The zero-order valence-corrected chi connectivity index (χ0v) is 14.9. The Bertz CT molecular complexity index is 880. The quantitative estimate of drug-likeness (QED) is 0.900. The van der Waals surface area contributed by atoms with E-state index in [1.807, 2.05) is 29.6 Å². The Morgan fingerprint density at radius 1 is 1.31 bits per heavy atom. The summed E-state index contributed by atoms with van der Waals surface area (Å²) in [7, 11) is 1.90. The molecule has 1 saturated carbocycles. The number of rotatable bonds is 4. The van der Waals surface area contributed by atoms with Crippen LogP contribution in [0.4, 0.5) is 5.95 Å². The first-order valence-corrected chi connectivity index (χ1v) is 8.88. The van der Waals surface area contributed by atoms with Gasteiger partial charge in [-0.05, 0) is 38.3 Å². The fraction of sp³-hybridized carbons (Fsp3) is 0.500. The highest BCUT2D eigenvalue weighted by atomic mass is 16.2. The summed E-state index contributed by atoms with van der Waals surface area (Å²) in [6.07, 6.45) is 5.04. The van der Waals surface area contributed by atoms with Gasteiger partial charge in [0.2, 0.25) is 11.9 Å². The van der Waals surface area contributed by atoms with Gasteiger partial charge in [-0.2, -0.15) is 10.4 Å². The maximum absolute atomic E-state index is 12.6. The standard InChI is InChI=1S/C18H21N7O/c1-11-9-12(10-19)22-18(21-11)23-14-5-6-16(26)25(13-3-4-13)17(14)15-7-8-20-24(15)2/h7-9,13-14,17H,3-6H2,1-2H3,(H,21,22,23)/t14-,17-/m1/s1. The third-order valence-corrected chi connectivity index (χ3v) is 5.02. The number of carbonyl (C=O) groups is 1. The molecule has 0 unspecified atom stereocenters. The van der Waals surface area contributed by atoms with E-state index >= 15 is 0 Å². The number of nitriles is 1. The molecule has 1 amide bonds. The molecule has 1 saturated heterocycles. The smallest absolute Gasteiger partial charge is 0.224 e. The first-order chi connectivity index (χ1) is 12.6. The Morgan fingerprint density at radius 3 is 2.77 bits per heavy atom. The van der Waals surface area contributed by atoms with Crippen molar-refractivity contribution in [2.24, 2.45) is 7.05 Å². The molecule has 0 bridgehead atoms. The van der Waals surface area contributed by atoms with Gasteiger partial charge in [-0.25, -0.2) is 9.97 Å². The van der Waals surface area contributed by atoms with Gasteiger partial charge in [-0.15, -0.1) is 0 Å². The highest BCUT2D eigenvalue weighted by Gasteiger charge is 2.45. The van der Waals surface area contributed by atoms with Crippen molar-refractivity contribution in [1.82, 2.24) is 24.6 Å². The minimum Gasteiger partial charge on any atom is -0.349 e. The average Bonchev–Trinajstić information content (AvgIpc) is 3.36. The first kappa shape index (κ1) is 16.5. The Balaban J connectivity index is 1.69. The predicted molar refractivity (Wildman–Crippen MR) is 93.9 cm³/mol. The molecule has 134 valence electrons. The van der Waals surface area contributed by atoms with Gasteiger partial charge in [0.25, 0.3) is 0 Å². The van der Waals surface area contributed by atoms with Crippen molar-refractivity contribution in [3.63, 3.8) is 0 Å². The second-order valence-corrected chi connectivity index (χ2v) is 6.98. The van der Waals surface area contributed by atoms with Crippen molar-refractivity contribution < 1.29 is 4.79 Å². The van der Waals surface area contributed by atoms with Gasteiger partial charge in [0.05, 0.1) is 17.8 Å². The summed E-state index contributed by atoms with van der Waals surface area (Å²) < 4.78 is 1.82. The van der Waals surface area contributed by atoms with Gasteiger partial charge in [0, 0.05) is 31.4 Å². The van der Waals surface area contributed by atoms with Gasteiger partial charge in [-0.3, -0.25) is 9.48 Å². The molecule has 1 aliphatic carbocycles. The van der Waals surface area contributed by atoms with E-state index in [0.29, 0.717) is 30.5 Å². The number of carbonyl (C=O) groups excluding carboxylic acids is 1. The molecular formula is C18H21N7O. The minimum absolute atomic E-state index is 0.0305. The molecule has 2 aromatic heterocycles. The number of hydrogen-bond donors (Lipinski definition) is 1. The van der Waals surface area contributed by atoms with Crippen LogP contribution >= 0.6 is 0 Å². The predicted octanol–water partition coefficient (Wildman–Crippen LogP) is 1.70. The third kappa shape index (κ3) is 3.01. The van der Waals surface area contributed by atoms with Gasteiger partial charge in [0.15, 0.2) is 0 Å². The van der Waals surface area contributed by atoms with Crippen LogP contribution in [-0.2, 0) is 11.8 Å². The average molecular weight is 351 g/mol. The summed E-state index contributed by atoms with van der Waals surface area (Å²) in [6.45, 7) is 1.84. The van der Waals surface area contributed by atoms with Crippen LogP contribution in [0.25, 0.3) is 0 Å². The largest absolute Gasteiger partial charge is 0.349 e. The molecule has 3 heterocycles. The Hall–Kier alpha value is -2.95. The van der Waals surface area contributed by atoms with E-state index in [9.17, 15) is 4.79 Å². The molecule has 8 heteroatoms. The second kappa shape index (κ2) is 6.41. The molecule has 0 spiro atoms. The molecular weight excluding hydrogens is 330 g/mol. The fourth-order valence-corrected chi connectivity index (χ4v) is 3.73. The SMILES string of the molecule is Cc1cc(C#N)nc(N[C@@H]2CCC(=O)N(C3CC3)[C@H]2c2ccnn2C)n1. The van der Waals surface area contributed by atoms with Crippen molar-refractivity contribution in [3.8, 4) is 6.07 Å². The maximum Gasteiger partial charge on any atom is 0.224 e. The molecule has 2 aromatic rings. The molecule has 26 heavy (non-hydrogen) atoms. The number of aromatic nitrogens is 4. The molecule has 1 aliphatic heterocycles. The van der Waals surface area contributed by atoms with Crippen LogP contribution in [0.15, 0.2) is 18.3 Å². The zero-order chi connectivity index (χ0) is 18.3. The van der Waals surface area contributed by atoms with Crippen molar-refractivity contribution in [2.45, 2.75) is 50.7 Å². The molecule has 2 fully saturated rings. The molecule has 4 rings (SSSR count). The van der Waals surface area contributed by atoms with Gasteiger partial charge in [-0.1, -0.05) is 0 Å². The first-order valence-electron chi connectivity index (χ1n) is 8.88. The molecule has 2 aliphatic rings. The Morgan fingerprint density at radius 2 is 2.12 bits per heavy atom. The summed E-state index contributed by atoms with van der Waals surface area (Å²) in [6, 6.07) is 5.84. The molecule has 2 atom stereocenters. The number of anilines is 1. The van der Waals surface area contributed by atoms with Crippen LogP contribution in [0.2, 0.25) is 0 Å². The van der Waals surface area contributed by atoms with Crippen molar-refractivity contribution in [3.05, 3.63) is 35.4 Å². The normalized spacial score (nSPS) is 23.0. The Labute approximate surface area is 151 Å². The number of piperidine rings is 1. The maximum atomic E-state index is 12.6. The lowest BCUT2D eigenvalue weighted by Crippen LogP contribution is -2.50. The summed E-state index contributed by atoms with van der Waals surface area (Å²) >= 11 is 0. The summed E-state index contributed by atoms with van der Waals surface area (Å²) in [5.41, 5.74) is 2.07. The molecule has 0 radical (unpaired) electrons. The lowest BCUT2D eigenvalue weighted by Gasteiger charge is -2.41. The van der Waals surface area contributed by atoms with Crippen LogP contribution in [0, 0.1) is 18.3 Å². The zero-order valence-electron chi connectivity index (χ0n) is 14.9. The fourth-order valence-electron chi connectivity index (χ4n) is 3.73. The molecule has 8 nitrogen and oxygen atoms in total. The summed E-state index contributed by atoms with van der Waals surface area (Å²) in [5, 5.41) is 16.8. The van der Waals surface area contributed by atoms with Crippen LogP contribution < -0.4 is 5.32 Å². The molecule has 1 N–H and O–H groups in total. The number of likely N-dealkylation sites (tertiary alicyclic amines) is 1. The van der Waals surface area contributed by atoms with Crippen LogP contribution in [0.1, 0.15) is 48.8 Å². The number of aryl methyl sites for hydroxylation is 2. The van der Waals surface area contributed by atoms with Gasteiger partial charge < -0.3 is 10.2 Å². The Kier molecular flexibility index (Phi) is 4.07. The van der Waals surface area contributed by atoms with Gasteiger partial charge >= 0.3 is 0 Å². The van der Waals surface area contributed by atoms with E-state index in [1.165, 1.54) is 0 Å². The van der Waals surface area contributed by atoms with Crippen LogP contribution in [0.3, 0.4) is 0 Å². The van der Waals surface area contributed by atoms with E-state index in [4.69, 9.17) is 5.26 Å². The second-order valence-electron chi connectivity index (χ2n) is 6.98. The molecule has 0 aromatic carbocycles. The monoisotopic (exact) mass is 351 g/mol.